The minimum atomic E-state index is -3.72. The fourth-order valence-corrected chi connectivity index (χ4v) is 3.48. The minimum absolute atomic E-state index is 0.00168. The first-order valence-corrected chi connectivity index (χ1v) is 7.67. The Bertz CT molecular complexity index is 714. The minimum Gasteiger partial charge on any atom is -0.279 e. The van der Waals surface area contributed by atoms with E-state index in [0.29, 0.717) is 10.7 Å². The summed E-state index contributed by atoms with van der Waals surface area (Å²) in [6.45, 7) is 1.82. The molecule has 6 heteroatoms. The third kappa shape index (κ3) is 3.21. The molecule has 100 valence electrons. The van der Waals surface area contributed by atoms with Crippen LogP contribution in [0.25, 0.3) is 0 Å². The number of hydrogen-bond acceptors (Lipinski definition) is 2. The van der Waals surface area contributed by atoms with Gasteiger partial charge in [-0.15, -0.1) is 0 Å². The van der Waals surface area contributed by atoms with Crippen molar-refractivity contribution in [2.75, 3.05) is 4.72 Å². The van der Waals surface area contributed by atoms with Gasteiger partial charge in [-0.1, -0.05) is 41.4 Å². The van der Waals surface area contributed by atoms with Gasteiger partial charge >= 0.3 is 0 Å². The summed E-state index contributed by atoms with van der Waals surface area (Å²) in [6.07, 6.45) is 0. The standard InChI is InChI=1S/C13H11Cl2NO2S/c1-9-4-2-3-5-12(9)16-19(17,18)13-7-6-10(14)8-11(13)15/h2-8,16H,1H3. The van der Waals surface area contributed by atoms with Gasteiger partial charge in [0.1, 0.15) is 4.90 Å². The van der Waals surface area contributed by atoms with Gasteiger partial charge in [-0.25, -0.2) is 8.42 Å². The first-order valence-electron chi connectivity index (χ1n) is 5.43. The van der Waals surface area contributed by atoms with Crippen LogP contribution in [0.3, 0.4) is 0 Å². The predicted octanol–water partition coefficient (Wildman–Crippen LogP) is 4.10. The van der Waals surface area contributed by atoms with E-state index < -0.39 is 10.0 Å². The summed E-state index contributed by atoms with van der Waals surface area (Å²) >= 11 is 11.7. The van der Waals surface area contributed by atoms with E-state index in [1.165, 1.54) is 18.2 Å². The average molecular weight is 316 g/mol. The second-order valence-electron chi connectivity index (χ2n) is 4.00. The van der Waals surface area contributed by atoms with E-state index >= 15 is 0 Å². The first kappa shape index (κ1) is 14.2. The van der Waals surface area contributed by atoms with Gasteiger partial charge < -0.3 is 0 Å². The fraction of sp³-hybridized carbons (Fsp3) is 0.0769. The molecule has 0 heterocycles. The van der Waals surface area contributed by atoms with E-state index in [1.54, 1.807) is 12.1 Å². The van der Waals surface area contributed by atoms with Crippen LogP contribution >= 0.6 is 23.2 Å². The highest BCUT2D eigenvalue weighted by atomic mass is 35.5. The van der Waals surface area contributed by atoms with Crippen molar-refractivity contribution in [3.05, 3.63) is 58.1 Å². The maximum Gasteiger partial charge on any atom is 0.263 e. The van der Waals surface area contributed by atoms with Crippen molar-refractivity contribution in [1.29, 1.82) is 0 Å². The quantitative estimate of drug-likeness (QED) is 0.926. The average Bonchev–Trinajstić information content (AvgIpc) is 2.31. The number of halogens is 2. The normalized spacial score (nSPS) is 11.3. The third-order valence-electron chi connectivity index (χ3n) is 2.57. The number of para-hydroxylation sites is 1. The molecule has 1 N–H and O–H groups in total. The van der Waals surface area contributed by atoms with E-state index in [2.05, 4.69) is 4.72 Å². The van der Waals surface area contributed by atoms with E-state index in [-0.39, 0.29) is 9.92 Å². The molecule has 0 aliphatic carbocycles. The van der Waals surface area contributed by atoms with Crippen LogP contribution < -0.4 is 4.72 Å². The molecule has 0 aromatic heterocycles. The second kappa shape index (κ2) is 5.41. The molecule has 0 atom stereocenters. The Morgan fingerprint density at radius 2 is 1.74 bits per heavy atom. The second-order valence-corrected chi connectivity index (χ2v) is 6.49. The molecule has 2 aromatic rings. The molecule has 0 unspecified atom stereocenters. The van der Waals surface area contributed by atoms with E-state index in [4.69, 9.17) is 23.2 Å². The summed E-state index contributed by atoms with van der Waals surface area (Å²) in [6, 6.07) is 11.4. The van der Waals surface area contributed by atoms with Crippen molar-refractivity contribution in [2.24, 2.45) is 0 Å². The van der Waals surface area contributed by atoms with Gasteiger partial charge in [-0.2, -0.15) is 0 Å². The lowest BCUT2D eigenvalue weighted by Crippen LogP contribution is -2.14. The summed E-state index contributed by atoms with van der Waals surface area (Å²) in [5.41, 5.74) is 1.35. The van der Waals surface area contributed by atoms with E-state index in [1.807, 2.05) is 19.1 Å². The van der Waals surface area contributed by atoms with Gasteiger partial charge in [0.25, 0.3) is 10.0 Å². The molecular weight excluding hydrogens is 305 g/mol. The summed E-state index contributed by atoms with van der Waals surface area (Å²) in [5.74, 6) is 0. The zero-order valence-electron chi connectivity index (χ0n) is 10.0. The SMILES string of the molecule is Cc1ccccc1NS(=O)(=O)c1ccc(Cl)cc1Cl. The molecule has 19 heavy (non-hydrogen) atoms. The van der Waals surface area contributed by atoms with E-state index in [9.17, 15) is 8.42 Å². The van der Waals surface area contributed by atoms with Gasteiger partial charge in [0.05, 0.1) is 10.7 Å². The molecule has 0 bridgehead atoms. The largest absolute Gasteiger partial charge is 0.279 e. The Morgan fingerprint density at radius 3 is 2.37 bits per heavy atom. The molecule has 0 fully saturated rings. The van der Waals surface area contributed by atoms with E-state index in [0.717, 1.165) is 5.56 Å². The highest BCUT2D eigenvalue weighted by Crippen LogP contribution is 2.27. The number of aryl methyl sites for hydroxylation is 1. The van der Waals surface area contributed by atoms with Crippen LogP contribution in [0.4, 0.5) is 5.69 Å². The van der Waals surface area contributed by atoms with Crippen LogP contribution in [-0.4, -0.2) is 8.42 Å². The molecule has 3 nitrogen and oxygen atoms in total. The topological polar surface area (TPSA) is 46.2 Å². The number of nitrogens with one attached hydrogen (secondary N) is 1. The molecule has 0 saturated heterocycles. The van der Waals surface area contributed by atoms with Crippen molar-refractivity contribution in [1.82, 2.24) is 0 Å². The third-order valence-corrected chi connectivity index (χ3v) is 4.66. The first-order chi connectivity index (χ1) is 8.90. The van der Waals surface area contributed by atoms with Crippen LogP contribution in [0.2, 0.25) is 10.0 Å². The van der Waals surface area contributed by atoms with Crippen LogP contribution in [0.1, 0.15) is 5.56 Å². The Hall–Kier alpha value is -1.23. The van der Waals surface area contributed by atoms with Crippen molar-refractivity contribution < 1.29 is 8.42 Å². The number of anilines is 1. The summed E-state index contributed by atoms with van der Waals surface area (Å²) in [7, 11) is -3.72. The monoisotopic (exact) mass is 315 g/mol. The highest BCUT2D eigenvalue weighted by Gasteiger charge is 2.18. The molecule has 2 rings (SSSR count). The molecule has 0 saturated carbocycles. The Kier molecular flexibility index (Phi) is 4.04. The maximum absolute atomic E-state index is 12.2. The Balaban J connectivity index is 2.41. The fourth-order valence-electron chi connectivity index (χ4n) is 1.58. The number of sulfonamides is 1. The molecule has 0 aliphatic rings. The highest BCUT2D eigenvalue weighted by molar-refractivity contribution is 7.92. The van der Waals surface area contributed by atoms with Crippen LogP contribution in [0, 0.1) is 6.92 Å². The molecule has 0 amide bonds. The molecular formula is C13H11Cl2NO2S. The lowest BCUT2D eigenvalue weighted by Gasteiger charge is -2.11. The molecule has 0 radical (unpaired) electrons. The van der Waals surface area contributed by atoms with Gasteiger partial charge in [-0.3, -0.25) is 4.72 Å². The lowest BCUT2D eigenvalue weighted by atomic mass is 10.2. The van der Waals surface area contributed by atoms with Crippen LogP contribution in [-0.2, 0) is 10.0 Å². The van der Waals surface area contributed by atoms with Gasteiger partial charge in [0.15, 0.2) is 0 Å². The Morgan fingerprint density at radius 1 is 1.05 bits per heavy atom. The number of rotatable bonds is 3. The number of benzene rings is 2. The van der Waals surface area contributed by atoms with Crippen molar-refractivity contribution in [3.63, 3.8) is 0 Å². The van der Waals surface area contributed by atoms with Gasteiger partial charge in [-0.05, 0) is 36.8 Å². The lowest BCUT2D eigenvalue weighted by molar-refractivity contribution is 0.601. The Labute approximate surface area is 122 Å². The summed E-state index contributed by atoms with van der Waals surface area (Å²) in [4.78, 5) is 0.00168. The maximum atomic E-state index is 12.2. The van der Waals surface area contributed by atoms with Gasteiger partial charge in [0.2, 0.25) is 0 Å². The summed E-state index contributed by atoms with van der Waals surface area (Å²) in [5, 5.41) is 0.480. The molecule has 0 spiro atoms. The zero-order chi connectivity index (χ0) is 14.0. The van der Waals surface area contributed by atoms with Gasteiger partial charge in [0, 0.05) is 5.02 Å². The predicted molar refractivity (Wildman–Crippen MR) is 78.4 cm³/mol. The van der Waals surface area contributed by atoms with Crippen LogP contribution in [0.15, 0.2) is 47.4 Å². The smallest absolute Gasteiger partial charge is 0.263 e. The van der Waals surface area contributed by atoms with Crippen molar-refractivity contribution in [2.45, 2.75) is 11.8 Å². The van der Waals surface area contributed by atoms with Crippen molar-refractivity contribution in [3.8, 4) is 0 Å². The summed E-state index contributed by atoms with van der Waals surface area (Å²) < 4.78 is 27.0. The number of hydrogen-bond donors (Lipinski definition) is 1. The van der Waals surface area contributed by atoms with Crippen molar-refractivity contribution >= 4 is 38.9 Å². The molecule has 2 aromatic carbocycles. The molecule has 0 aliphatic heterocycles. The van der Waals surface area contributed by atoms with Crippen LogP contribution in [0.5, 0.6) is 0 Å². The zero-order valence-corrected chi connectivity index (χ0v) is 12.4.